The zero-order valence-corrected chi connectivity index (χ0v) is 7.80. The topological polar surface area (TPSA) is 48.9 Å². The Morgan fingerprint density at radius 3 is 3.08 bits per heavy atom. The van der Waals surface area contributed by atoms with Crippen molar-refractivity contribution in [2.24, 2.45) is 0 Å². The lowest BCUT2D eigenvalue weighted by Gasteiger charge is -1.97. The second-order valence-electron chi connectivity index (χ2n) is 2.53. The van der Waals surface area contributed by atoms with Crippen molar-refractivity contribution in [1.29, 1.82) is 0 Å². The monoisotopic (exact) mass is 226 g/mol. The summed E-state index contributed by atoms with van der Waals surface area (Å²) >= 11 is 3.39. The highest BCUT2D eigenvalue weighted by atomic mass is 79.9. The molecule has 0 bridgehead atoms. The molecule has 3 nitrogen and oxygen atoms in total. The van der Waals surface area contributed by atoms with Crippen molar-refractivity contribution in [3.05, 3.63) is 28.5 Å². The van der Waals surface area contributed by atoms with Crippen LogP contribution in [0.25, 0.3) is 11.0 Å². The summed E-state index contributed by atoms with van der Waals surface area (Å²) < 4.78 is 0.932. The van der Waals surface area contributed by atoms with Gasteiger partial charge in [-0.2, -0.15) is 0 Å². The molecule has 2 rings (SSSR count). The first-order valence-corrected chi connectivity index (χ1v) is 4.33. The number of aromatic amines is 1. The number of imidazole rings is 1. The Bertz CT molecular complexity index is 410. The molecule has 1 aromatic heterocycles. The number of rotatable bonds is 1. The van der Waals surface area contributed by atoms with Crippen LogP contribution in [-0.4, -0.2) is 15.1 Å². The van der Waals surface area contributed by atoms with Crippen LogP contribution in [0, 0.1) is 0 Å². The number of halogens is 1. The maximum absolute atomic E-state index is 8.90. The third kappa shape index (κ3) is 1.13. The molecule has 0 saturated heterocycles. The van der Waals surface area contributed by atoms with Crippen LogP contribution >= 0.6 is 15.9 Å². The number of hydrogen-bond acceptors (Lipinski definition) is 2. The van der Waals surface area contributed by atoms with Crippen molar-refractivity contribution < 1.29 is 5.11 Å². The molecule has 0 fully saturated rings. The maximum atomic E-state index is 8.90. The summed E-state index contributed by atoms with van der Waals surface area (Å²) in [7, 11) is 0. The standard InChI is InChI=1S/C8H7BrN2O/c9-6-1-5(3-12)2-7-8(6)11-4-10-7/h1-2,4,12H,3H2,(H,10,11). The molecule has 2 aromatic rings. The molecule has 62 valence electrons. The van der Waals surface area contributed by atoms with Gasteiger partial charge in [-0.15, -0.1) is 0 Å². The van der Waals surface area contributed by atoms with Gasteiger partial charge in [-0.3, -0.25) is 0 Å². The van der Waals surface area contributed by atoms with E-state index in [4.69, 9.17) is 5.11 Å². The van der Waals surface area contributed by atoms with Crippen LogP contribution in [0.3, 0.4) is 0 Å². The molecule has 0 saturated carbocycles. The summed E-state index contributed by atoms with van der Waals surface area (Å²) in [5.74, 6) is 0. The van der Waals surface area contributed by atoms with Gasteiger partial charge in [-0.1, -0.05) is 0 Å². The predicted molar refractivity (Wildman–Crippen MR) is 49.7 cm³/mol. The van der Waals surface area contributed by atoms with Gasteiger partial charge in [0.15, 0.2) is 0 Å². The molecule has 1 heterocycles. The van der Waals surface area contributed by atoms with Crippen LogP contribution in [0.4, 0.5) is 0 Å². The zero-order chi connectivity index (χ0) is 8.55. The Kier molecular flexibility index (Phi) is 1.86. The first kappa shape index (κ1) is 7.76. The van der Waals surface area contributed by atoms with Crippen LogP contribution < -0.4 is 0 Å². The van der Waals surface area contributed by atoms with Crippen LogP contribution in [0.5, 0.6) is 0 Å². The number of aliphatic hydroxyl groups is 1. The minimum atomic E-state index is 0.0431. The summed E-state index contributed by atoms with van der Waals surface area (Å²) in [6.07, 6.45) is 1.64. The van der Waals surface area contributed by atoms with E-state index in [2.05, 4.69) is 25.9 Å². The first-order valence-electron chi connectivity index (χ1n) is 3.53. The lowest BCUT2D eigenvalue weighted by atomic mass is 10.2. The van der Waals surface area contributed by atoms with Crippen LogP contribution in [0.2, 0.25) is 0 Å². The molecule has 1 aromatic carbocycles. The van der Waals surface area contributed by atoms with Crippen molar-refractivity contribution in [2.45, 2.75) is 6.61 Å². The molecule has 0 unspecified atom stereocenters. The molecule has 0 aliphatic rings. The largest absolute Gasteiger partial charge is 0.392 e. The number of hydrogen-bond donors (Lipinski definition) is 2. The van der Waals surface area contributed by atoms with Crippen LogP contribution in [-0.2, 0) is 6.61 Å². The molecule has 12 heavy (non-hydrogen) atoms. The van der Waals surface area contributed by atoms with Gasteiger partial charge in [-0.25, -0.2) is 4.98 Å². The summed E-state index contributed by atoms with van der Waals surface area (Å²) in [5.41, 5.74) is 2.70. The van der Waals surface area contributed by atoms with Crippen molar-refractivity contribution in [3.63, 3.8) is 0 Å². The van der Waals surface area contributed by atoms with E-state index >= 15 is 0 Å². The second-order valence-corrected chi connectivity index (χ2v) is 3.39. The van der Waals surface area contributed by atoms with E-state index < -0.39 is 0 Å². The number of nitrogens with zero attached hydrogens (tertiary/aromatic N) is 1. The predicted octanol–water partition coefficient (Wildman–Crippen LogP) is 1.82. The number of aromatic nitrogens is 2. The molecular weight excluding hydrogens is 220 g/mol. The van der Waals surface area contributed by atoms with Crippen molar-refractivity contribution in [2.75, 3.05) is 0 Å². The van der Waals surface area contributed by atoms with Crippen molar-refractivity contribution in [1.82, 2.24) is 9.97 Å². The quantitative estimate of drug-likeness (QED) is 0.780. The minimum absolute atomic E-state index is 0.0431. The Labute approximate surface area is 77.6 Å². The van der Waals surface area contributed by atoms with E-state index in [9.17, 15) is 0 Å². The van der Waals surface area contributed by atoms with E-state index in [1.165, 1.54) is 0 Å². The third-order valence-electron chi connectivity index (χ3n) is 1.72. The number of benzene rings is 1. The molecule has 2 N–H and O–H groups in total. The highest BCUT2D eigenvalue weighted by Gasteiger charge is 2.02. The van der Waals surface area contributed by atoms with E-state index in [1.54, 1.807) is 6.33 Å². The summed E-state index contributed by atoms with van der Waals surface area (Å²) in [6, 6.07) is 3.73. The molecule has 0 aliphatic carbocycles. The Morgan fingerprint density at radius 1 is 1.50 bits per heavy atom. The fraction of sp³-hybridized carbons (Fsp3) is 0.125. The average Bonchev–Trinajstić information content (AvgIpc) is 2.52. The van der Waals surface area contributed by atoms with E-state index in [-0.39, 0.29) is 6.61 Å². The van der Waals surface area contributed by atoms with Gasteiger partial charge >= 0.3 is 0 Å². The number of nitrogens with one attached hydrogen (secondary N) is 1. The van der Waals surface area contributed by atoms with Gasteiger partial charge in [-0.05, 0) is 33.6 Å². The second kappa shape index (κ2) is 2.88. The first-order chi connectivity index (χ1) is 5.81. The fourth-order valence-electron chi connectivity index (χ4n) is 1.15. The lowest BCUT2D eigenvalue weighted by molar-refractivity contribution is 0.282. The summed E-state index contributed by atoms with van der Waals surface area (Å²) in [4.78, 5) is 7.09. The molecule has 0 aliphatic heterocycles. The van der Waals surface area contributed by atoms with E-state index in [0.29, 0.717) is 0 Å². The molecule has 0 radical (unpaired) electrons. The summed E-state index contributed by atoms with van der Waals surface area (Å²) in [6.45, 7) is 0.0431. The van der Waals surface area contributed by atoms with Crippen LogP contribution in [0.1, 0.15) is 5.56 Å². The number of fused-ring (bicyclic) bond motifs is 1. The van der Waals surface area contributed by atoms with E-state index in [1.807, 2.05) is 12.1 Å². The molecule has 0 atom stereocenters. The normalized spacial score (nSPS) is 10.8. The molecule has 0 amide bonds. The van der Waals surface area contributed by atoms with E-state index in [0.717, 1.165) is 21.1 Å². The Morgan fingerprint density at radius 2 is 2.33 bits per heavy atom. The average molecular weight is 227 g/mol. The van der Waals surface area contributed by atoms with Gasteiger partial charge < -0.3 is 10.1 Å². The van der Waals surface area contributed by atoms with Crippen molar-refractivity contribution >= 4 is 27.0 Å². The van der Waals surface area contributed by atoms with Gasteiger partial charge in [0, 0.05) is 4.47 Å². The highest BCUT2D eigenvalue weighted by molar-refractivity contribution is 9.10. The highest BCUT2D eigenvalue weighted by Crippen LogP contribution is 2.22. The molecular formula is C8H7BrN2O. The maximum Gasteiger partial charge on any atom is 0.0932 e. The van der Waals surface area contributed by atoms with Gasteiger partial charge in [0.1, 0.15) is 0 Å². The van der Waals surface area contributed by atoms with Gasteiger partial charge in [0.2, 0.25) is 0 Å². The van der Waals surface area contributed by atoms with Gasteiger partial charge in [0.25, 0.3) is 0 Å². The van der Waals surface area contributed by atoms with Crippen LogP contribution in [0.15, 0.2) is 22.9 Å². The summed E-state index contributed by atoms with van der Waals surface area (Å²) in [5, 5.41) is 8.90. The molecule has 4 heteroatoms. The fourth-order valence-corrected chi connectivity index (χ4v) is 1.76. The molecule has 0 spiro atoms. The lowest BCUT2D eigenvalue weighted by Crippen LogP contribution is -1.83. The Balaban J connectivity index is 2.75. The Hall–Kier alpha value is -0.870. The van der Waals surface area contributed by atoms with Gasteiger partial charge in [0.05, 0.1) is 24.0 Å². The van der Waals surface area contributed by atoms with Crippen molar-refractivity contribution in [3.8, 4) is 0 Å². The number of aliphatic hydroxyl groups excluding tert-OH is 1. The zero-order valence-electron chi connectivity index (χ0n) is 6.21. The third-order valence-corrected chi connectivity index (χ3v) is 2.35. The SMILES string of the molecule is OCc1cc(Br)c2[nH]cnc2c1. The smallest absolute Gasteiger partial charge is 0.0932 e. The minimum Gasteiger partial charge on any atom is -0.392 e. The number of H-pyrrole nitrogens is 1.